The first-order chi connectivity index (χ1) is 18.7. The molecule has 0 N–H and O–H groups in total. The van der Waals surface area contributed by atoms with Crippen LogP contribution in [0.5, 0.6) is 0 Å². The van der Waals surface area contributed by atoms with Crippen molar-refractivity contribution in [3.05, 3.63) is 46.6 Å². The summed E-state index contributed by atoms with van der Waals surface area (Å²) >= 11 is 0. The summed E-state index contributed by atoms with van der Waals surface area (Å²) in [4.78, 5) is 0. The quantitative estimate of drug-likeness (QED) is 0.266. The highest BCUT2D eigenvalue weighted by Gasteiger charge is 2.60. The fourth-order valence-electron chi connectivity index (χ4n) is 12.1. The standard InChI is InChI=1S/C38H60Si/c1-9-25-19-31-29(17-15-27-21-37(11-3,12-4)23-33(27)31)35(25)39(7,8)36-26(10-2)20-32-30(36)18-16-28-22-38(13-5,14-6)24-34(28)32/h15-18,25-26,29-32,35-36H,9-14,19-24H2,1-8H3. The zero-order valence-electron chi connectivity index (χ0n) is 26.9. The Labute approximate surface area is 243 Å². The number of allylic oxidation sites excluding steroid dienone is 8. The molecule has 0 nitrogen and oxygen atoms in total. The molecule has 0 heterocycles. The normalized spacial score (nSPS) is 39.8. The maximum absolute atomic E-state index is 2.89. The van der Waals surface area contributed by atoms with Gasteiger partial charge in [0.15, 0.2) is 0 Å². The van der Waals surface area contributed by atoms with Crippen LogP contribution in [0.3, 0.4) is 0 Å². The summed E-state index contributed by atoms with van der Waals surface area (Å²) in [5.41, 5.74) is 10.5. The molecule has 0 saturated heterocycles. The summed E-state index contributed by atoms with van der Waals surface area (Å²) in [5.74, 6) is 5.27. The molecular weight excluding hydrogens is 485 g/mol. The van der Waals surface area contributed by atoms with Crippen molar-refractivity contribution in [1.29, 1.82) is 0 Å². The van der Waals surface area contributed by atoms with Crippen LogP contribution >= 0.6 is 0 Å². The second-order valence-electron chi connectivity index (χ2n) is 16.0. The van der Waals surface area contributed by atoms with Crippen LogP contribution in [-0.2, 0) is 0 Å². The van der Waals surface area contributed by atoms with Crippen molar-refractivity contribution in [2.24, 2.45) is 46.3 Å². The third kappa shape index (κ3) is 4.16. The molecule has 2 fully saturated rings. The van der Waals surface area contributed by atoms with Gasteiger partial charge in [0.2, 0.25) is 0 Å². The van der Waals surface area contributed by atoms with Crippen LogP contribution in [0.4, 0.5) is 0 Å². The highest BCUT2D eigenvalue weighted by Crippen LogP contribution is 2.68. The molecule has 6 aliphatic rings. The van der Waals surface area contributed by atoms with Gasteiger partial charge in [-0.3, -0.25) is 0 Å². The molecule has 8 unspecified atom stereocenters. The van der Waals surface area contributed by atoms with Gasteiger partial charge in [0, 0.05) is 0 Å². The average molecular weight is 545 g/mol. The number of hydrogen-bond acceptors (Lipinski definition) is 0. The Kier molecular flexibility index (Phi) is 7.38. The van der Waals surface area contributed by atoms with Crippen LogP contribution in [0.1, 0.15) is 119 Å². The maximum atomic E-state index is 2.89. The molecule has 0 aromatic carbocycles. The first-order valence-electron chi connectivity index (χ1n) is 17.5. The Balaban J connectivity index is 1.30. The van der Waals surface area contributed by atoms with Gasteiger partial charge < -0.3 is 0 Å². The zero-order chi connectivity index (χ0) is 27.7. The van der Waals surface area contributed by atoms with Crippen molar-refractivity contribution < 1.29 is 0 Å². The van der Waals surface area contributed by atoms with Crippen LogP contribution in [0, 0.1) is 46.3 Å². The predicted octanol–water partition coefficient (Wildman–Crippen LogP) is 11.7. The minimum Gasteiger partial charge on any atom is -0.0805 e. The fourth-order valence-corrected chi connectivity index (χ4v) is 18.4. The maximum Gasteiger partial charge on any atom is 0.0553 e. The Bertz CT molecular complexity index is 988. The SMILES string of the molecule is CCC1CC2C3=C(C=CC2C1[Si](C)(C)C1C(CC)CC2C4=C(C=CC21)CC(CC)(CC)C4)CC(CC)(CC)C3. The summed E-state index contributed by atoms with van der Waals surface area (Å²) in [6, 6.07) is 0. The molecule has 2 saturated carbocycles. The summed E-state index contributed by atoms with van der Waals surface area (Å²) in [6.07, 6.45) is 27.7. The first-order valence-corrected chi connectivity index (χ1v) is 20.7. The summed E-state index contributed by atoms with van der Waals surface area (Å²) in [5, 5.41) is 0. The molecule has 0 spiro atoms. The van der Waals surface area contributed by atoms with Gasteiger partial charge in [-0.25, -0.2) is 0 Å². The van der Waals surface area contributed by atoms with Gasteiger partial charge in [0.1, 0.15) is 0 Å². The molecular formula is C38H60Si. The van der Waals surface area contributed by atoms with E-state index < -0.39 is 8.07 Å². The summed E-state index contributed by atoms with van der Waals surface area (Å²) in [6.45, 7) is 20.7. The monoisotopic (exact) mass is 544 g/mol. The number of rotatable bonds is 8. The van der Waals surface area contributed by atoms with Crippen molar-refractivity contribution in [3.8, 4) is 0 Å². The Morgan fingerprint density at radius 3 is 1.33 bits per heavy atom. The Morgan fingerprint density at radius 1 is 0.615 bits per heavy atom. The summed E-state index contributed by atoms with van der Waals surface area (Å²) < 4.78 is 0. The lowest BCUT2D eigenvalue weighted by Gasteiger charge is -2.47. The van der Waals surface area contributed by atoms with Crippen molar-refractivity contribution in [3.63, 3.8) is 0 Å². The minimum absolute atomic E-state index is 0.564. The minimum atomic E-state index is -1.56. The number of fused-ring (bicyclic) bond motifs is 4. The lowest BCUT2D eigenvalue weighted by molar-refractivity contribution is 0.272. The predicted molar refractivity (Wildman–Crippen MR) is 173 cm³/mol. The second kappa shape index (κ2) is 10.2. The fraction of sp³-hybridized carbons (Fsp3) is 0.789. The third-order valence-corrected chi connectivity index (χ3v) is 19.8. The zero-order valence-corrected chi connectivity index (χ0v) is 27.9. The molecule has 0 aromatic rings. The van der Waals surface area contributed by atoms with Crippen LogP contribution < -0.4 is 0 Å². The van der Waals surface area contributed by atoms with E-state index in [1.165, 1.54) is 77.0 Å². The van der Waals surface area contributed by atoms with Crippen molar-refractivity contribution in [1.82, 2.24) is 0 Å². The lowest BCUT2D eigenvalue weighted by atomic mass is 9.77. The van der Waals surface area contributed by atoms with Gasteiger partial charge in [0.05, 0.1) is 8.07 Å². The van der Waals surface area contributed by atoms with Gasteiger partial charge in [-0.2, -0.15) is 0 Å². The molecule has 6 rings (SSSR count). The molecule has 0 aromatic heterocycles. The van der Waals surface area contributed by atoms with Gasteiger partial charge in [0.25, 0.3) is 0 Å². The highest BCUT2D eigenvalue weighted by molar-refractivity contribution is 6.80. The molecule has 0 bridgehead atoms. The van der Waals surface area contributed by atoms with E-state index in [0.29, 0.717) is 10.8 Å². The largest absolute Gasteiger partial charge is 0.0805 e. The smallest absolute Gasteiger partial charge is 0.0553 e. The Morgan fingerprint density at radius 2 is 1.00 bits per heavy atom. The van der Waals surface area contributed by atoms with Crippen LogP contribution in [-0.4, -0.2) is 8.07 Å². The molecule has 0 aliphatic heterocycles. The van der Waals surface area contributed by atoms with Gasteiger partial charge in [-0.05, 0) is 133 Å². The molecule has 39 heavy (non-hydrogen) atoms. The van der Waals surface area contributed by atoms with Crippen LogP contribution in [0.25, 0.3) is 0 Å². The molecule has 1 heteroatoms. The van der Waals surface area contributed by atoms with Gasteiger partial charge >= 0.3 is 0 Å². The average Bonchev–Trinajstić information content (AvgIpc) is 3.71. The van der Waals surface area contributed by atoms with E-state index in [0.717, 1.165) is 46.6 Å². The van der Waals surface area contributed by atoms with E-state index in [4.69, 9.17) is 0 Å². The van der Waals surface area contributed by atoms with Crippen molar-refractivity contribution in [2.45, 2.75) is 143 Å². The van der Waals surface area contributed by atoms with E-state index in [1.54, 1.807) is 11.1 Å². The molecule has 0 radical (unpaired) electrons. The van der Waals surface area contributed by atoms with E-state index >= 15 is 0 Å². The molecule has 216 valence electrons. The van der Waals surface area contributed by atoms with E-state index in [-0.39, 0.29) is 0 Å². The van der Waals surface area contributed by atoms with Gasteiger partial charge in [-0.1, -0.05) is 103 Å². The first kappa shape index (κ1) is 28.3. The second-order valence-corrected chi connectivity index (χ2v) is 21.0. The third-order valence-electron chi connectivity index (χ3n) is 14.7. The van der Waals surface area contributed by atoms with Crippen LogP contribution in [0.15, 0.2) is 46.6 Å². The topological polar surface area (TPSA) is 0 Å². The van der Waals surface area contributed by atoms with Gasteiger partial charge in [-0.15, -0.1) is 0 Å². The lowest BCUT2D eigenvalue weighted by Crippen LogP contribution is -2.46. The highest BCUT2D eigenvalue weighted by atomic mass is 28.3. The van der Waals surface area contributed by atoms with E-state index in [2.05, 4.69) is 78.9 Å². The summed E-state index contributed by atoms with van der Waals surface area (Å²) in [7, 11) is -1.56. The number of hydrogen-bond donors (Lipinski definition) is 0. The van der Waals surface area contributed by atoms with Crippen molar-refractivity contribution in [2.75, 3.05) is 0 Å². The van der Waals surface area contributed by atoms with Crippen molar-refractivity contribution >= 4 is 8.07 Å². The Hall–Kier alpha value is -0.823. The van der Waals surface area contributed by atoms with E-state index in [1.807, 2.05) is 11.1 Å². The molecule has 0 amide bonds. The molecule has 6 aliphatic carbocycles. The molecule has 8 atom stereocenters. The van der Waals surface area contributed by atoms with E-state index in [9.17, 15) is 0 Å². The van der Waals surface area contributed by atoms with Crippen LogP contribution in [0.2, 0.25) is 24.2 Å².